The number of hydrogen-bond acceptors (Lipinski definition) is 2. The maximum Gasteiger partial charge on any atom is 0.0692 e. The Balaban J connectivity index is 2.31. The predicted octanol–water partition coefficient (Wildman–Crippen LogP) is 3.20. The molecule has 0 saturated heterocycles. The SMILES string of the molecule is CC(C)NCC(O)C1CCC(C(C)(C)C)CC1. The second kappa shape index (κ2) is 6.19. The molecule has 1 atom stereocenters. The average Bonchev–Trinajstić information content (AvgIpc) is 2.25. The van der Waals surface area contributed by atoms with Crippen molar-refractivity contribution in [2.24, 2.45) is 17.3 Å². The van der Waals surface area contributed by atoms with E-state index in [-0.39, 0.29) is 6.10 Å². The quantitative estimate of drug-likeness (QED) is 0.792. The van der Waals surface area contributed by atoms with Crippen molar-refractivity contribution >= 4 is 0 Å². The third-order valence-electron chi connectivity index (χ3n) is 4.28. The summed E-state index contributed by atoms with van der Waals surface area (Å²) in [5.74, 6) is 1.35. The van der Waals surface area contributed by atoms with Gasteiger partial charge in [-0.1, -0.05) is 34.6 Å². The molecule has 0 aromatic carbocycles. The molecule has 1 aliphatic carbocycles. The summed E-state index contributed by atoms with van der Waals surface area (Å²) in [4.78, 5) is 0. The molecule has 0 bridgehead atoms. The topological polar surface area (TPSA) is 32.3 Å². The molecule has 1 aliphatic rings. The molecule has 0 spiro atoms. The van der Waals surface area contributed by atoms with E-state index in [4.69, 9.17) is 0 Å². The normalized spacial score (nSPS) is 28.4. The Morgan fingerprint density at radius 3 is 2.06 bits per heavy atom. The summed E-state index contributed by atoms with van der Waals surface area (Å²) < 4.78 is 0. The molecule has 1 rings (SSSR count). The molecular weight excluding hydrogens is 210 g/mol. The summed E-state index contributed by atoms with van der Waals surface area (Å²) in [6.45, 7) is 12.0. The molecule has 0 aromatic heterocycles. The fourth-order valence-electron chi connectivity index (χ4n) is 2.89. The lowest BCUT2D eigenvalue weighted by Gasteiger charge is -2.38. The van der Waals surface area contributed by atoms with E-state index in [1.54, 1.807) is 0 Å². The van der Waals surface area contributed by atoms with Crippen LogP contribution in [0.25, 0.3) is 0 Å². The highest BCUT2D eigenvalue weighted by Crippen LogP contribution is 2.40. The first-order valence-electron chi connectivity index (χ1n) is 7.22. The molecule has 0 amide bonds. The average molecular weight is 241 g/mol. The Bertz CT molecular complexity index is 211. The number of hydrogen-bond donors (Lipinski definition) is 2. The van der Waals surface area contributed by atoms with Crippen LogP contribution in [0.1, 0.15) is 60.3 Å². The van der Waals surface area contributed by atoms with Crippen LogP contribution in [-0.2, 0) is 0 Å². The summed E-state index contributed by atoms with van der Waals surface area (Å²) in [5.41, 5.74) is 0.437. The van der Waals surface area contributed by atoms with Gasteiger partial charge in [0.05, 0.1) is 6.10 Å². The van der Waals surface area contributed by atoms with E-state index < -0.39 is 0 Å². The van der Waals surface area contributed by atoms with Crippen molar-refractivity contribution in [1.29, 1.82) is 0 Å². The molecule has 2 heteroatoms. The van der Waals surface area contributed by atoms with E-state index in [9.17, 15) is 5.11 Å². The minimum atomic E-state index is -0.154. The van der Waals surface area contributed by atoms with Crippen molar-refractivity contribution in [1.82, 2.24) is 5.32 Å². The van der Waals surface area contributed by atoms with Gasteiger partial charge in [-0.3, -0.25) is 0 Å². The smallest absolute Gasteiger partial charge is 0.0692 e. The molecule has 1 saturated carbocycles. The van der Waals surface area contributed by atoms with Crippen molar-refractivity contribution < 1.29 is 5.11 Å². The molecule has 0 radical (unpaired) electrons. The maximum atomic E-state index is 10.1. The number of nitrogens with one attached hydrogen (secondary N) is 1. The lowest BCUT2D eigenvalue weighted by Crippen LogP contribution is -2.38. The standard InChI is InChI=1S/C15H31NO/c1-11(2)16-10-14(17)12-6-8-13(9-7-12)15(3,4)5/h11-14,16-17H,6-10H2,1-5H3. The van der Waals surface area contributed by atoms with E-state index >= 15 is 0 Å². The van der Waals surface area contributed by atoms with Crippen LogP contribution >= 0.6 is 0 Å². The van der Waals surface area contributed by atoms with Crippen LogP contribution in [0.3, 0.4) is 0 Å². The van der Waals surface area contributed by atoms with Gasteiger partial charge in [0.2, 0.25) is 0 Å². The van der Waals surface area contributed by atoms with E-state index in [1.165, 1.54) is 25.7 Å². The van der Waals surface area contributed by atoms with Crippen LogP contribution < -0.4 is 5.32 Å². The van der Waals surface area contributed by atoms with Crippen molar-refractivity contribution in [3.8, 4) is 0 Å². The minimum absolute atomic E-state index is 0.154. The maximum absolute atomic E-state index is 10.1. The highest BCUT2D eigenvalue weighted by molar-refractivity contribution is 4.83. The second-order valence-electron chi connectivity index (χ2n) is 7.11. The van der Waals surface area contributed by atoms with Gasteiger partial charge in [0.15, 0.2) is 0 Å². The van der Waals surface area contributed by atoms with Gasteiger partial charge in [-0.25, -0.2) is 0 Å². The molecular formula is C15H31NO. The van der Waals surface area contributed by atoms with Gasteiger partial charge in [0.25, 0.3) is 0 Å². The van der Waals surface area contributed by atoms with Crippen LogP contribution in [0, 0.1) is 17.3 Å². The molecule has 17 heavy (non-hydrogen) atoms. The Morgan fingerprint density at radius 2 is 1.65 bits per heavy atom. The van der Waals surface area contributed by atoms with Crippen molar-refractivity contribution in [3.63, 3.8) is 0 Å². The van der Waals surface area contributed by atoms with Gasteiger partial charge in [-0.2, -0.15) is 0 Å². The summed E-state index contributed by atoms with van der Waals surface area (Å²) in [7, 11) is 0. The number of rotatable bonds is 4. The van der Waals surface area contributed by atoms with Crippen LogP contribution in [0.4, 0.5) is 0 Å². The van der Waals surface area contributed by atoms with Crippen molar-refractivity contribution in [2.75, 3.05) is 6.54 Å². The summed E-state index contributed by atoms with van der Waals surface area (Å²) >= 11 is 0. The highest BCUT2D eigenvalue weighted by atomic mass is 16.3. The first-order chi connectivity index (χ1) is 7.80. The third kappa shape index (κ3) is 4.97. The molecule has 0 aromatic rings. The molecule has 0 aliphatic heterocycles. The zero-order chi connectivity index (χ0) is 13.1. The molecule has 2 N–H and O–H groups in total. The van der Waals surface area contributed by atoms with E-state index in [0.29, 0.717) is 17.4 Å². The monoisotopic (exact) mass is 241 g/mol. The van der Waals surface area contributed by atoms with Crippen molar-refractivity contribution in [3.05, 3.63) is 0 Å². The summed E-state index contributed by atoms with van der Waals surface area (Å²) in [6, 6.07) is 0.468. The lowest BCUT2D eigenvalue weighted by molar-refractivity contribution is 0.0523. The van der Waals surface area contributed by atoms with E-state index in [1.807, 2.05) is 0 Å². The highest BCUT2D eigenvalue weighted by Gasteiger charge is 2.32. The molecule has 0 heterocycles. The molecule has 1 fully saturated rings. The summed E-state index contributed by atoms with van der Waals surface area (Å²) in [6.07, 6.45) is 4.81. The van der Waals surface area contributed by atoms with Gasteiger partial charge in [-0.15, -0.1) is 0 Å². The second-order valence-corrected chi connectivity index (χ2v) is 7.11. The molecule has 1 unspecified atom stereocenters. The number of aliphatic hydroxyl groups excluding tert-OH is 1. The zero-order valence-electron chi connectivity index (χ0n) is 12.3. The predicted molar refractivity (Wildman–Crippen MR) is 74.0 cm³/mol. The minimum Gasteiger partial charge on any atom is -0.392 e. The van der Waals surface area contributed by atoms with Crippen LogP contribution in [0.5, 0.6) is 0 Å². The largest absolute Gasteiger partial charge is 0.392 e. The van der Waals surface area contributed by atoms with E-state index in [0.717, 1.165) is 12.5 Å². The van der Waals surface area contributed by atoms with Gasteiger partial charge < -0.3 is 10.4 Å². The Hall–Kier alpha value is -0.0800. The van der Waals surface area contributed by atoms with Crippen LogP contribution in [0.15, 0.2) is 0 Å². The first kappa shape index (κ1) is 15.0. The Labute approximate surface area is 107 Å². The van der Waals surface area contributed by atoms with E-state index in [2.05, 4.69) is 39.9 Å². The molecule has 102 valence electrons. The first-order valence-corrected chi connectivity index (χ1v) is 7.22. The zero-order valence-corrected chi connectivity index (χ0v) is 12.3. The van der Waals surface area contributed by atoms with Gasteiger partial charge in [-0.05, 0) is 42.9 Å². The van der Waals surface area contributed by atoms with Crippen LogP contribution in [0.2, 0.25) is 0 Å². The van der Waals surface area contributed by atoms with Gasteiger partial charge >= 0.3 is 0 Å². The Morgan fingerprint density at radius 1 is 1.12 bits per heavy atom. The van der Waals surface area contributed by atoms with Gasteiger partial charge in [0, 0.05) is 12.6 Å². The third-order valence-corrected chi connectivity index (χ3v) is 4.28. The van der Waals surface area contributed by atoms with Crippen molar-refractivity contribution in [2.45, 2.75) is 72.4 Å². The Kier molecular flexibility index (Phi) is 5.46. The number of aliphatic hydroxyl groups is 1. The molecule has 2 nitrogen and oxygen atoms in total. The fraction of sp³-hybridized carbons (Fsp3) is 1.00. The fourth-order valence-corrected chi connectivity index (χ4v) is 2.89. The van der Waals surface area contributed by atoms with Crippen LogP contribution in [-0.4, -0.2) is 23.8 Å². The summed E-state index contributed by atoms with van der Waals surface area (Å²) in [5, 5.41) is 13.5. The lowest BCUT2D eigenvalue weighted by atomic mass is 9.69. The van der Waals surface area contributed by atoms with Gasteiger partial charge in [0.1, 0.15) is 0 Å².